The van der Waals surface area contributed by atoms with E-state index in [9.17, 15) is 28.8 Å². The van der Waals surface area contributed by atoms with Gasteiger partial charge in [0, 0.05) is 49.9 Å². The third kappa shape index (κ3) is 7.61. The highest BCUT2D eigenvalue weighted by Crippen LogP contribution is 2.28. The van der Waals surface area contributed by atoms with Crippen molar-refractivity contribution in [2.24, 2.45) is 0 Å². The van der Waals surface area contributed by atoms with Crippen LogP contribution in [0.3, 0.4) is 0 Å². The van der Waals surface area contributed by atoms with Crippen molar-refractivity contribution < 1.29 is 28.8 Å². The Morgan fingerprint density at radius 2 is 0.946 bits per heavy atom. The van der Waals surface area contributed by atoms with Crippen molar-refractivity contribution in [3.05, 3.63) is 0 Å². The molecule has 0 aromatic heterocycles. The molecule has 2 heterocycles. The van der Waals surface area contributed by atoms with E-state index in [0.717, 1.165) is 0 Å². The average Bonchev–Trinajstić information content (AvgIpc) is 3.27. The summed E-state index contributed by atoms with van der Waals surface area (Å²) in [5.74, 6) is -0.255. The fraction of sp³-hybridized carbons (Fsp3) is 0.778. The van der Waals surface area contributed by atoms with Crippen molar-refractivity contribution >= 4 is 35.4 Å². The minimum absolute atomic E-state index is 0.0746. The molecule has 6 amide bonds. The van der Waals surface area contributed by atoms with Gasteiger partial charge in [-0.05, 0) is 73.6 Å². The van der Waals surface area contributed by atoms with E-state index >= 15 is 0 Å². The van der Waals surface area contributed by atoms with Crippen LogP contribution in [0.5, 0.6) is 0 Å². The molecule has 0 N–H and O–H groups in total. The Morgan fingerprint density at radius 1 is 0.622 bits per heavy atom. The fourth-order valence-electron chi connectivity index (χ4n) is 5.18. The van der Waals surface area contributed by atoms with E-state index in [0.29, 0.717) is 70.9 Å². The number of likely N-dealkylation sites (N-methyl/N-ethyl adjacent to an activating group) is 2. The van der Waals surface area contributed by atoms with Crippen LogP contribution in [-0.4, -0.2) is 92.3 Å². The fourth-order valence-corrected chi connectivity index (χ4v) is 5.18. The third-order valence-electron chi connectivity index (χ3n) is 7.45. The Bertz CT molecular complexity index is 841. The maximum Gasteiger partial charge on any atom is 0.327 e. The molecule has 2 fully saturated rings. The number of carbonyl (C=O) groups is 6. The number of urea groups is 2. The summed E-state index contributed by atoms with van der Waals surface area (Å²) in [6.45, 7) is 12.3. The van der Waals surface area contributed by atoms with Crippen molar-refractivity contribution in [3.8, 4) is 0 Å². The highest BCUT2D eigenvalue weighted by atomic mass is 16.2. The van der Waals surface area contributed by atoms with E-state index in [2.05, 4.69) is 0 Å². The van der Waals surface area contributed by atoms with Crippen LogP contribution in [0.15, 0.2) is 0 Å². The van der Waals surface area contributed by atoms with Gasteiger partial charge in [-0.25, -0.2) is 9.59 Å². The average molecular weight is 521 g/mol. The Labute approximate surface area is 220 Å². The van der Waals surface area contributed by atoms with Gasteiger partial charge < -0.3 is 9.80 Å². The van der Waals surface area contributed by atoms with Gasteiger partial charge in [-0.15, -0.1) is 0 Å². The molecule has 0 atom stereocenters. The largest absolute Gasteiger partial charge is 0.327 e. The summed E-state index contributed by atoms with van der Waals surface area (Å²) < 4.78 is 0. The summed E-state index contributed by atoms with van der Waals surface area (Å²) in [4.78, 5) is 79.8. The van der Waals surface area contributed by atoms with Crippen LogP contribution in [0, 0.1) is 0 Å². The van der Waals surface area contributed by atoms with Gasteiger partial charge in [0.2, 0.25) is 0 Å². The van der Waals surface area contributed by atoms with Crippen molar-refractivity contribution in [1.29, 1.82) is 0 Å². The molecule has 2 rings (SSSR count). The quantitative estimate of drug-likeness (QED) is 0.286. The zero-order valence-electron chi connectivity index (χ0n) is 23.4. The first-order chi connectivity index (χ1) is 17.2. The van der Waals surface area contributed by atoms with Crippen LogP contribution in [0.2, 0.25) is 0 Å². The molecule has 0 saturated carbocycles. The lowest BCUT2D eigenvalue weighted by molar-refractivity contribution is -0.130. The van der Waals surface area contributed by atoms with Crippen molar-refractivity contribution in [2.75, 3.05) is 26.2 Å². The van der Waals surface area contributed by atoms with Gasteiger partial charge in [-0.3, -0.25) is 29.0 Å². The molecular weight excluding hydrogens is 476 g/mol. The normalized spacial score (nSPS) is 17.0. The lowest BCUT2D eigenvalue weighted by Crippen LogP contribution is -2.48. The van der Waals surface area contributed by atoms with Gasteiger partial charge in [0.15, 0.2) is 0 Å². The molecule has 37 heavy (non-hydrogen) atoms. The number of hydrogen-bond donors (Lipinski definition) is 0. The molecule has 208 valence electrons. The minimum Gasteiger partial charge on any atom is -0.315 e. The maximum atomic E-state index is 12.4. The van der Waals surface area contributed by atoms with E-state index in [-0.39, 0.29) is 48.5 Å². The number of imide groups is 2. The van der Waals surface area contributed by atoms with Gasteiger partial charge in [-0.1, -0.05) is 0 Å². The lowest BCUT2D eigenvalue weighted by Gasteiger charge is -2.33. The van der Waals surface area contributed by atoms with Crippen LogP contribution in [0.25, 0.3) is 0 Å². The molecule has 0 unspecified atom stereocenters. The van der Waals surface area contributed by atoms with Gasteiger partial charge in [0.1, 0.15) is 24.7 Å². The molecule has 0 aromatic rings. The van der Waals surface area contributed by atoms with E-state index in [1.54, 1.807) is 0 Å². The second-order valence-electron chi connectivity index (χ2n) is 11.3. The zero-order valence-corrected chi connectivity index (χ0v) is 23.4. The highest BCUT2D eigenvalue weighted by molar-refractivity contribution is 6.03. The van der Waals surface area contributed by atoms with Crippen LogP contribution in [-0.2, 0) is 19.2 Å². The molecule has 0 aliphatic carbocycles. The lowest BCUT2D eigenvalue weighted by atomic mass is 9.93. The third-order valence-corrected chi connectivity index (χ3v) is 7.45. The molecule has 10 nitrogen and oxygen atoms in total. The Morgan fingerprint density at radius 3 is 1.24 bits per heavy atom. The van der Waals surface area contributed by atoms with Crippen LogP contribution in [0.4, 0.5) is 9.59 Å². The SMILES string of the molecule is CCN1CC(=O)N(C(C)(C)CCCC(=O)CCCC(=O)CCCC(C)(C)N2C(=O)CN(CC)C2=O)C1=O. The second-order valence-corrected chi connectivity index (χ2v) is 11.3. The Hall–Kier alpha value is -2.78. The number of rotatable bonds is 16. The summed E-state index contributed by atoms with van der Waals surface area (Å²) in [5.41, 5.74) is -1.30. The molecule has 10 heteroatoms. The molecule has 2 saturated heterocycles. The zero-order chi connectivity index (χ0) is 28.0. The van der Waals surface area contributed by atoms with Crippen molar-refractivity contribution in [3.63, 3.8) is 0 Å². The van der Waals surface area contributed by atoms with Gasteiger partial charge in [-0.2, -0.15) is 0 Å². The first-order valence-electron chi connectivity index (χ1n) is 13.5. The minimum atomic E-state index is -0.652. The van der Waals surface area contributed by atoms with Gasteiger partial charge in [0.05, 0.1) is 0 Å². The molecule has 2 aliphatic heterocycles. The number of hydrogen-bond acceptors (Lipinski definition) is 6. The Balaban J connectivity index is 1.65. The number of carbonyl (C=O) groups excluding carboxylic acids is 6. The standard InChI is InChI=1S/C27H44N4O6/c1-7-28-18-22(34)30(24(28)36)26(3,4)16-10-14-20(32)12-9-13-21(33)15-11-17-27(5,6)31-23(35)19-29(8-2)25(31)37/h7-19H2,1-6H3. The predicted octanol–water partition coefficient (Wildman–Crippen LogP) is 3.76. The molecular formula is C27H44N4O6. The number of nitrogens with zero attached hydrogens (tertiary/aromatic N) is 4. The second kappa shape index (κ2) is 12.6. The number of Topliss-reactive ketones (excluding diaryl/α,β-unsaturated/α-hetero) is 2. The summed E-state index contributed by atoms with van der Waals surface area (Å²) >= 11 is 0. The van der Waals surface area contributed by atoms with Crippen molar-refractivity contribution in [1.82, 2.24) is 19.6 Å². The first kappa shape index (κ1) is 30.4. The smallest absolute Gasteiger partial charge is 0.315 e. The molecule has 2 aliphatic rings. The summed E-state index contributed by atoms with van der Waals surface area (Å²) in [6, 6.07) is -0.542. The molecule has 0 aromatic carbocycles. The van der Waals surface area contributed by atoms with E-state index in [4.69, 9.17) is 0 Å². The Kier molecular flexibility index (Phi) is 10.4. The van der Waals surface area contributed by atoms with Crippen molar-refractivity contribution in [2.45, 2.75) is 110 Å². The highest BCUT2D eigenvalue weighted by Gasteiger charge is 2.44. The van der Waals surface area contributed by atoms with E-state index < -0.39 is 11.1 Å². The maximum absolute atomic E-state index is 12.4. The van der Waals surface area contributed by atoms with Crippen LogP contribution in [0.1, 0.15) is 99.3 Å². The summed E-state index contributed by atoms with van der Waals surface area (Å²) in [6.07, 6.45) is 4.08. The van der Waals surface area contributed by atoms with E-state index in [1.807, 2.05) is 41.5 Å². The summed E-state index contributed by atoms with van der Waals surface area (Å²) in [7, 11) is 0. The monoisotopic (exact) mass is 520 g/mol. The topological polar surface area (TPSA) is 115 Å². The first-order valence-corrected chi connectivity index (χ1v) is 13.5. The molecule has 0 bridgehead atoms. The van der Waals surface area contributed by atoms with E-state index in [1.165, 1.54) is 19.6 Å². The van der Waals surface area contributed by atoms with Gasteiger partial charge in [0.25, 0.3) is 11.8 Å². The number of ketones is 2. The summed E-state index contributed by atoms with van der Waals surface area (Å²) in [5, 5.41) is 0. The molecule has 0 radical (unpaired) electrons. The van der Waals surface area contributed by atoms with Gasteiger partial charge >= 0.3 is 12.1 Å². The van der Waals surface area contributed by atoms with Crippen LogP contribution < -0.4 is 0 Å². The predicted molar refractivity (Wildman–Crippen MR) is 139 cm³/mol. The number of amides is 6. The molecule has 0 spiro atoms. The van der Waals surface area contributed by atoms with Crippen LogP contribution >= 0.6 is 0 Å².